The van der Waals surface area contributed by atoms with Crippen molar-refractivity contribution in [2.45, 2.75) is 31.3 Å². The largest absolute Gasteiger partial charge is 0.491 e. The van der Waals surface area contributed by atoms with Crippen LogP contribution in [0.25, 0.3) is 0 Å². The molecule has 2 saturated heterocycles. The number of hydrogen-bond donors (Lipinski definition) is 1. The Balaban J connectivity index is 1.67. The zero-order chi connectivity index (χ0) is 15.4. The minimum absolute atomic E-state index is 0.152. The summed E-state index contributed by atoms with van der Waals surface area (Å²) in [6.07, 6.45) is 3.30. The number of fused-ring (bicyclic) bond motifs is 2. The van der Waals surface area contributed by atoms with E-state index in [4.69, 9.17) is 9.47 Å². The molecule has 2 aliphatic rings. The summed E-state index contributed by atoms with van der Waals surface area (Å²) < 4.78 is 10.5. The van der Waals surface area contributed by atoms with E-state index in [0.717, 1.165) is 43.7 Å². The first-order valence-corrected chi connectivity index (χ1v) is 8.05. The van der Waals surface area contributed by atoms with Crippen LogP contribution in [0.5, 0.6) is 5.75 Å². The molecule has 2 atom stereocenters. The topological polar surface area (TPSA) is 50.8 Å². The molecule has 22 heavy (non-hydrogen) atoms. The molecule has 3 rings (SSSR count). The Morgan fingerprint density at radius 3 is 2.73 bits per heavy atom. The summed E-state index contributed by atoms with van der Waals surface area (Å²) in [5.74, 6) is 0.925. The number of carbonyl (C=O) groups is 1. The average molecular weight is 304 g/mol. The van der Waals surface area contributed by atoms with E-state index in [1.807, 2.05) is 24.3 Å². The third-order valence-corrected chi connectivity index (χ3v) is 4.55. The summed E-state index contributed by atoms with van der Waals surface area (Å²) in [7, 11) is 1.65. The van der Waals surface area contributed by atoms with Gasteiger partial charge in [0.2, 0.25) is 0 Å². The molecule has 1 amide bonds. The summed E-state index contributed by atoms with van der Waals surface area (Å²) >= 11 is 0. The van der Waals surface area contributed by atoms with Crippen molar-refractivity contribution in [3.05, 3.63) is 29.8 Å². The Labute approximate surface area is 131 Å². The number of rotatable bonds is 5. The molecule has 1 aromatic carbocycles. The van der Waals surface area contributed by atoms with Gasteiger partial charge in [0.25, 0.3) is 5.91 Å². The molecule has 120 valence electrons. The molecule has 0 radical (unpaired) electrons. The van der Waals surface area contributed by atoms with E-state index in [-0.39, 0.29) is 5.91 Å². The predicted molar refractivity (Wildman–Crippen MR) is 84.3 cm³/mol. The smallest absolute Gasteiger partial charge is 0.254 e. The fraction of sp³-hybridized carbons (Fsp3) is 0.588. The number of carbonyl (C=O) groups excluding carboxylic acids is 1. The van der Waals surface area contributed by atoms with Crippen LogP contribution in [0.2, 0.25) is 0 Å². The van der Waals surface area contributed by atoms with Gasteiger partial charge >= 0.3 is 0 Å². The maximum absolute atomic E-state index is 12.8. The zero-order valence-corrected chi connectivity index (χ0v) is 13.1. The van der Waals surface area contributed by atoms with E-state index in [9.17, 15) is 4.79 Å². The number of ether oxygens (including phenoxy) is 2. The summed E-state index contributed by atoms with van der Waals surface area (Å²) in [6, 6.07) is 8.19. The van der Waals surface area contributed by atoms with Crippen molar-refractivity contribution in [1.29, 1.82) is 0 Å². The van der Waals surface area contributed by atoms with Crippen LogP contribution in [-0.2, 0) is 4.74 Å². The van der Waals surface area contributed by atoms with Crippen molar-refractivity contribution in [2.75, 3.05) is 33.4 Å². The Bertz CT molecular complexity index is 489. The van der Waals surface area contributed by atoms with Crippen LogP contribution in [0.1, 0.15) is 29.6 Å². The van der Waals surface area contributed by atoms with Gasteiger partial charge in [-0.15, -0.1) is 0 Å². The van der Waals surface area contributed by atoms with E-state index < -0.39 is 0 Å². The van der Waals surface area contributed by atoms with E-state index in [1.54, 1.807) is 7.11 Å². The highest BCUT2D eigenvalue weighted by atomic mass is 16.5. The lowest BCUT2D eigenvalue weighted by atomic mass is 10.1. The number of methoxy groups -OCH3 is 1. The molecule has 2 aliphatic heterocycles. The Morgan fingerprint density at radius 2 is 1.95 bits per heavy atom. The van der Waals surface area contributed by atoms with Crippen molar-refractivity contribution in [1.82, 2.24) is 10.2 Å². The first kappa shape index (κ1) is 15.3. The highest BCUT2D eigenvalue weighted by molar-refractivity contribution is 5.95. The average Bonchev–Trinajstić information content (AvgIpc) is 2.80. The van der Waals surface area contributed by atoms with Crippen LogP contribution in [0.4, 0.5) is 0 Å². The Morgan fingerprint density at radius 1 is 1.18 bits per heavy atom. The molecule has 2 heterocycles. The number of nitrogens with one attached hydrogen (secondary N) is 1. The number of hydrogen-bond acceptors (Lipinski definition) is 4. The van der Waals surface area contributed by atoms with Gasteiger partial charge in [-0.1, -0.05) is 0 Å². The first-order valence-electron chi connectivity index (χ1n) is 8.05. The highest BCUT2D eigenvalue weighted by Gasteiger charge is 2.38. The Hall–Kier alpha value is -1.59. The molecule has 5 nitrogen and oxygen atoms in total. The molecule has 0 saturated carbocycles. The van der Waals surface area contributed by atoms with E-state index >= 15 is 0 Å². The molecular weight excluding hydrogens is 280 g/mol. The number of benzene rings is 1. The second-order valence-electron chi connectivity index (χ2n) is 5.96. The van der Waals surface area contributed by atoms with Gasteiger partial charge in [0.05, 0.1) is 6.61 Å². The normalized spacial score (nSPS) is 24.1. The second-order valence-corrected chi connectivity index (χ2v) is 5.96. The van der Waals surface area contributed by atoms with Crippen molar-refractivity contribution in [3.63, 3.8) is 0 Å². The zero-order valence-electron chi connectivity index (χ0n) is 13.1. The third-order valence-electron chi connectivity index (χ3n) is 4.55. The fourth-order valence-corrected chi connectivity index (χ4v) is 3.40. The van der Waals surface area contributed by atoms with E-state index in [2.05, 4.69) is 10.2 Å². The maximum Gasteiger partial charge on any atom is 0.254 e. The molecule has 2 unspecified atom stereocenters. The quantitative estimate of drug-likeness (QED) is 0.841. The SMILES string of the molecule is COCCOc1ccc(C(=O)N2C3CCNCC2CC3)cc1. The maximum atomic E-state index is 12.8. The molecule has 0 aromatic heterocycles. The van der Waals surface area contributed by atoms with Crippen LogP contribution in [0.15, 0.2) is 24.3 Å². The van der Waals surface area contributed by atoms with Crippen LogP contribution in [0, 0.1) is 0 Å². The second kappa shape index (κ2) is 7.11. The van der Waals surface area contributed by atoms with Crippen LogP contribution < -0.4 is 10.1 Å². The van der Waals surface area contributed by atoms with Gasteiger partial charge in [-0.3, -0.25) is 4.79 Å². The molecule has 0 aliphatic carbocycles. The Kier molecular flexibility index (Phi) is 4.95. The summed E-state index contributed by atoms with van der Waals surface area (Å²) in [4.78, 5) is 14.9. The molecule has 1 N–H and O–H groups in total. The monoisotopic (exact) mass is 304 g/mol. The van der Waals surface area contributed by atoms with Crippen molar-refractivity contribution < 1.29 is 14.3 Å². The van der Waals surface area contributed by atoms with Gasteiger partial charge in [-0.25, -0.2) is 0 Å². The lowest BCUT2D eigenvalue weighted by Crippen LogP contribution is -2.42. The standard InChI is InChI=1S/C17H24N2O3/c1-21-10-11-22-16-6-2-13(3-7-16)17(20)19-14-4-5-15(19)12-18-9-8-14/h2-3,6-7,14-15,18H,4-5,8-12H2,1H3. The molecular formula is C17H24N2O3. The molecule has 1 aromatic rings. The van der Waals surface area contributed by atoms with Crippen molar-refractivity contribution in [3.8, 4) is 5.75 Å². The molecule has 0 spiro atoms. The lowest BCUT2D eigenvalue weighted by Gasteiger charge is -2.28. The van der Waals surface area contributed by atoms with Crippen molar-refractivity contribution >= 4 is 5.91 Å². The summed E-state index contributed by atoms with van der Waals surface area (Å²) in [5, 5.41) is 3.43. The van der Waals surface area contributed by atoms with E-state index in [0.29, 0.717) is 25.3 Å². The fourth-order valence-electron chi connectivity index (χ4n) is 3.40. The molecule has 5 heteroatoms. The van der Waals surface area contributed by atoms with Crippen LogP contribution in [0.3, 0.4) is 0 Å². The van der Waals surface area contributed by atoms with Gasteiger partial charge in [-0.2, -0.15) is 0 Å². The summed E-state index contributed by atoms with van der Waals surface area (Å²) in [6.45, 7) is 3.01. The van der Waals surface area contributed by atoms with Gasteiger partial charge < -0.3 is 19.7 Å². The predicted octanol–water partition coefficient (Wildman–Crippen LogP) is 1.68. The minimum Gasteiger partial charge on any atom is -0.491 e. The van der Waals surface area contributed by atoms with Crippen LogP contribution in [-0.4, -0.2) is 56.3 Å². The van der Waals surface area contributed by atoms with Gasteiger partial charge in [0.15, 0.2) is 0 Å². The molecule has 2 bridgehead atoms. The highest BCUT2D eigenvalue weighted by Crippen LogP contribution is 2.29. The lowest BCUT2D eigenvalue weighted by molar-refractivity contribution is 0.0680. The summed E-state index contributed by atoms with van der Waals surface area (Å²) in [5.41, 5.74) is 0.748. The third kappa shape index (κ3) is 3.25. The van der Waals surface area contributed by atoms with Crippen LogP contribution >= 0.6 is 0 Å². The molecule has 2 fully saturated rings. The number of nitrogens with zero attached hydrogens (tertiary/aromatic N) is 1. The van der Waals surface area contributed by atoms with Crippen molar-refractivity contribution in [2.24, 2.45) is 0 Å². The van der Waals surface area contributed by atoms with Gasteiger partial charge in [0.1, 0.15) is 12.4 Å². The van der Waals surface area contributed by atoms with E-state index in [1.165, 1.54) is 0 Å². The van der Waals surface area contributed by atoms with Gasteiger partial charge in [-0.05, 0) is 50.1 Å². The van der Waals surface area contributed by atoms with Gasteiger partial charge in [0, 0.05) is 31.3 Å². The minimum atomic E-state index is 0.152. The first-order chi connectivity index (χ1) is 10.8. The number of amides is 1.